The highest BCUT2D eigenvalue weighted by atomic mass is 19.1. The second-order valence-electron chi connectivity index (χ2n) is 4.30. The zero-order chi connectivity index (χ0) is 14.9. The molecule has 0 atom stereocenters. The van der Waals surface area contributed by atoms with E-state index in [0.717, 1.165) is 0 Å². The SMILES string of the molecule is CNc1nc(C)c([N+](=O)[O-])c(-c2ccc(F)cc2C)n1. The van der Waals surface area contributed by atoms with Crippen molar-refractivity contribution in [3.05, 3.63) is 45.4 Å². The Morgan fingerprint density at radius 3 is 2.55 bits per heavy atom. The summed E-state index contributed by atoms with van der Waals surface area (Å²) in [4.78, 5) is 18.9. The van der Waals surface area contributed by atoms with Gasteiger partial charge in [-0.1, -0.05) is 0 Å². The highest BCUT2D eigenvalue weighted by Crippen LogP contribution is 2.33. The second kappa shape index (κ2) is 5.20. The molecule has 1 aromatic carbocycles. The fourth-order valence-electron chi connectivity index (χ4n) is 1.98. The smallest absolute Gasteiger partial charge is 0.316 e. The van der Waals surface area contributed by atoms with Crippen LogP contribution in [0.25, 0.3) is 11.3 Å². The normalized spacial score (nSPS) is 10.4. The molecule has 0 fully saturated rings. The summed E-state index contributed by atoms with van der Waals surface area (Å²) < 4.78 is 13.2. The van der Waals surface area contributed by atoms with E-state index in [0.29, 0.717) is 11.1 Å². The molecular formula is C13H13FN4O2. The number of benzene rings is 1. The van der Waals surface area contributed by atoms with Crippen LogP contribution in [-0.4, -0.2) is 21.9 Å². The molecule has 0 aliphatic heterocycles. The first kappa shape index (κ1) is 13.9. The molecule has 0 aliphatic rings. The van der Waals surface area contributed by atoms with Crippen molar-refractivity contribution in [2.24, 2.45) is 0 Å². The highest BCUT2D eigenvalue weighted by molar-refractivity contribution is 5.74. The van der Waals surface area contributed by atoms with Crippen LogP contribution in [0.3, 0.4) is 0 Å². The lowest BCUT2D eigenvalue weighted by Gasteiger charge is -2.09. The van der Waals surface area contributed by atoms with Crippen LogP contribution in [0.15, 0.2) is 18.2 Å². The number of nitro groups is 1. The van der Waals surface area contributed by atoms with Crippen molar-refractivity contribution in [3.63, 3.8) is 0 Å². The van der Waals surface area contributed by atoms with Crippen LogP contribution in [0.5, 0.6) is 0 Å². The molecule has 0 amide bonds. The Morgan fingerprint density at radius 1 is 1.30 bits per heavy atom. The summed E-state index contributed by atoms with van der Waals surface area (Å²) in [6, 6.07) is 4.05. The van der Waals surface area contributed by atoms with E-state index in [4.69, 9.17) is 0 Å². The number of halogens is 1. The average molecular weight is 276 g/mol. The van der Waals surface area contributed by atoms with Crippen molar-refractivity contribution in [1.82, 2.24) is 9.97 Å². The zero-order valence-electron chi connectivity index (χ0n) is 11.3. The van der Waals surface area contributed by atoms with Gasteiger partial charge in [-0.05, 0) is 37.6 Å². The van der Waals surface area contributed by atoms with Crippen LogP contribution in [0.4, 0.5) is 16.0 Å². The van der Waals surface area contributed by atoms with Gasteiger partial charge < -0.3 is 5.32 Å². The van der Waals surface area contributed by atoms with Crippen LogP contribution in [0.2, 0.25) is 0 Å². The molecule has 0 radical (unpaired) electrons. The molecule has 0 unspecified atom stereocenters. The van der Waals surface area contributed by atoms with Gasteiger partial charge in [-0.25, -0.2) is 14.4 Å². The van der Waals surface area contributed by atoms with E-state index in [2.05, 4.69) is 15.3 Å². The Kier molecular flexibility index (Phi) is 3.60. The molecule has 0 saturated heterocycles. The molecule has 1 heterocycles. The average Bonchev–Trinajstić information content (AvgIpc) is 2.37. The third kappa shape index (κ3) is 2.42. The summed E-state index contributed by atoms with van der Waals surface area (Å²) in [6.45, 7) is 3.22. The fourth-order valence-corrected chi connectivity index (χ4v) is 1.98. The Morgan fingerprint density at radius 2 is 2.00 bits per heavy atom. The molecule has 0 aliphatic carbocycles. The van der Waals surface area contributed by atoms with Crippen LogP contribution in [0.1, 0.15) is 11.3 Å². The van der Waals surface area contributed by atoms with Gasteiger partial charge in [-0.2, -0.15) is 0 Å². The van der Waals surface area contributed by atoms with Crippen LogP contribution >= 0.6 is 0 Å². The number of aromatic nitrogens is 2. The van der Waals surface area contributed by atoms with Crippen LogP contribution in [0, 0.1) is 29.8 Å². The number of rotatable bonds is 3. The predicted molar refractivity (Wildman–Crippen MR) is 73.1 cm³/mol. The quantitative estimate of drug-likeness (QED) is 0.688. The van der Waals surface area contributed by atoms with E-state index in [9.17, 15) is 14.5 Å². The Bertz CT molecular complexity index is 688. The molecule has 0 spiro atoms. The fraction of sp³-hybridized carbons (Fsp3) is 0.231. The van der Waals surface area contributed by atoms with Crippen molar-refractivity contribution in [2.45, 2.75) is 13.8 Å². The minimum absolute atomic E-state index is 0.168. The van der Waals surface area contributed by atoms with Gasteiger partial charge in [-0.3, -0.25) is 10.1 Å². The molecule has 6 nitrogen and oxygen atoms in total. The zero-order valence-corrected chi connectivity index (χ0v) is 11.3. The molecule has 104 valence electrons. The van der Waals surface area contributed by atoms with E-state index in [1.807, 2.05) is 0 Å². The van der Waals surface area contributed by atoms with E-state index in [-0.39, 0.29) is 23.0 Å². The van der Waals surface area contributed by atoms with Crippen LogP contribution < -0.4 is 5.32 Å². The molecule has 7 heteroatoms. The molecule has 1 N–H and O–H groups in total. The summed E-state index contributed by atoms with van der Waals surface area (Å²) >= 11 is 0. The largest absolute Gasteiger partial charge is 0.357 e. The van der Waals surface area contributed by atoms with E-state index >= 15 is 0 Å². The van der Waals surface area contributed by atoms with E-state index < -0.39 is 10.7 Å². The first-order chi connectivity index (χ1) is 9.43. The summed E-state index contributed by atoms with van der Waals surface area (Å²) in [5, 5.41) is 14.0. The Balaban J connectivity index is 2.76. The number of nitrogens with one attached hydrogen (secondary N) is 1. The van der Waals surface area contributed by atoms with Gasteiger partial charge in [0.2, 0.25) is 5.95 Å². The third-order valence-electron chi connectivity index (χ3n) is 2.91. The minimum atomic E-state index is -0.521. The van der Waals surface area contributed by atoms with Gasteiger partial charge >= 0.3 is 5.69 Å². The molecule has 2 aromatic rings. The molecule has 20 heavy (non-hydrogen) atoms. The predicted octanol–water partition coefficient (Wildman–Crippen LogP) is 2.85. The van der Waals surface area contributed by atoms with Crippen LogP contribution in [-0.2, 0) is 0 Å². The Hall–Kier alpha value is -2.57. The summed E-state index contributed by atoms with van der Waals surface area (Å²) in [5.41, 5.74) is 1.37. The minimum Gasteiger partial charge on any atom is -0.357 e. The third-order valence-corrected chi connectivity index (χ3v) is 2.91. The maximum Gasteiger partial charge on any atom is 0.316 e. The lowest BCUT2D eigenvalue weighted by molar-refractivity contribution is -0.385. The van der Waals surface area contributed by atoms with Gasteiger partial charge in [0.15, 0.2) is 5.69 Å². The molecule has 2 rings (SSSR count). The molecule has 0 bridgehead atoms. The van der Waals surface area contributed by atoms with Gasteiger partial charge in [0, 0.05) is 12.6 Å². The number of aryl methyl sites for hydroxylation is 2. The first-order valence-corrected chi connectivity index (χ1v) is 5.91. The number of nitrogens with zero attached hydrogens (tertiary/aromatic N) is 3. The lowest BCUT2D eigenvalue weighted by Crippen LogP contribution is -2.05. The van der Waals surface area contributed by atoms with Crippen molar-refractivity contribution < 1.29 is 9.31 Å². The van der Waals surface area contributed by atoms with E-state index in [1.54, 1.807) is 20.9 Å². The van der Waals surface area contributed by atoms with Gasteiger partial charge in [0.05, 0.1) is 4.92 Å². The standard InChI is InChI=1S/C13H13FN4O2/c1-7-6-9(14)4-5-10(7)11-12(18(19)20)8(2)16-13(15-3)17-11/h4-6H,1-3H3,(H,15,16,17). The topological polar surface area (TPSA) is 81.0 Å². The van der Waals surface area contributed by atoms with Gasteiger partial charge in [-0.15, -0.1) is 0 Å². The molecular weight excluding hydrogens is 263 g/mol. The number of anilines is 1. The summed E-state index contributed by atoms with van der Waals surface area (Å²) in [5.74, 6) is -0.111. The summed E-state index contributed by atoms with van der Waals surface area (Å²) in [7, 11) is 1.63. The molecule has 1 aromatic heterocycles. The van der Waals surface area contributed by atoms with E-state index in [1.165, 1.54) is 18.2 Å². The highest BCUT2D eigenvalue weighted by Gasteiger charge is 2.24. The Labute approximate surface area is 114 Å². The lowest BCUT2D eigenvalue weighted by atomic mass is 10.0. The van der Waals surface area contributed by atoms with Gasteiger partial charge in [0.25, 0.3) is 0 Å². The van der Waals surface area contributed by atoms with Crippen molar-refractivity contribution in [2.75, 3.05) is 12.4 Å². The van der Waals surface area contributed by atoms with Gasteiger partial charge in [0.1, 0.15) is 11.5 Å². The van der Waals surface area contributed by atoms with Crippen molar-refractivity contribution in [1.29, 1.82) is 0 Å². The first-order valence-electron chi connectivity index (χ1n) is 5.91. The second-order valence-corrected chi connectivity index (χ2v) is 4.30. The maximum absolute atomic E-state index is 13.2. The number of hydrogen-bond acceptors (Lipinski definition) is 5. The number of hydrogen-bond donors (Lipinski definition) is 1. The van der Waals surface area contributed by atoms with Crippen molar-refractivity contribution >= 4 is 11.6 Å². The monoisotopic (exact) mass is 276 g/mol. The maximum atomic E-state index is 13.2. The van der Waals surface area contributed by atoms with Crippen molar-refractivity contribution in [3.8, 4) is 11.3 Å². The summed E-state index contributed by atoms with van der Waals surface area (Å²) in [6.07, 6.45) is 0. The molecule has 0 saturated carbocycles.